The Morgan fingerprint density at radius 3 is 1.24 bits per heavy atom. The van der Waals surface area contributed by atoms with Gasteiger partial charge < -0.3 is 18.9 Å². The second-order valence-corrected chi connectivity index (χ2v) is 8.77. The van der Waals surface area contributed by atoms with Gasteiger partial charge in [0.25, 0.3) is 0 Å². The minimum absolute atomic E-state index is 0.0969. The van der Waals surface area contributed by atoms with Crippen molar-refractivity contribution >= 4 is 36.7 Å². The Bertz CT molecular complexity index is 1530. The van der Waals surface area contributed by atoms with Gasteiger partial charge in [0.15, 0.2) is 35.6 Å². The maximum Gasteiger partial charge on any atom is 0.343 e. The summed E-state index contributed by atoms with van der Waals surface area (Å²) in [5, 5.41) is 0. The molecular formula is C34H26O8. The molecule has 4 aromatic carbocycles. The predicted octanol–water partition coefficient (Wildman–Crippen LogP) is 6.01. The van der Waals surface area contributed by atoms with Crippen LogP contribution in [-0.4, -0.2) is 38.7 Å². The smallest absolute Gasteiger partial charge is 0.343 e. The third kappa shape index (κ3) is 7.25. The van der Waals surface area contributed by atoms with Crippen LogP contribution in [0.3, 0.4) is 0 Å². The Morgan fingerprint density at radius 2 is 0.905 bits per heavy atom. The summed E-state index contributed by atoms with van der Waals surface area (Å²) in [6, 6.07) is 26.5. The van der Waals surface area contributed by atoms with Crippen molar-refractivity contribution in [2.45, 2.75) is 0 Å². The number of benzene rings is 4. The van der Waals surface area contributed by atoms with Crippen LogP contribution in [0.25, 0.3) is 12.2 Å². The first-order chi connectivity index (χ1) is 20.4. The molecule has 0 amide bonds. The fourth-order valence-corrected chi connectivity index (χ4v) is 3.91. The number of aldehydes is 2. The van der Waals surface area contributed by atoms with Crippen LogP contribution in [0.4, 0.5) is 0 Å². The third-order valence-corrected chi connectivity index (χ3v) is 6.03. The van der Waals surface area contributed by atoms with E-state index in [0.29, 0.717) is 34.8 Å². The van der Waals surface area contributed by atoms with Crippen molar-refractivity contribution in [1.29, 1.82) is 0 Å². The molecule has 0 unspecified atom stereocenters. The molecule has 4 aromatic rings. The van der Waals surface area contributed by atoms with Crippen LogP contribution >= 0.6 is 0 Å². The summed E-state index contributed by atoms with van der Waals surface area (Å²) < 4.78 is 21.7. The van der Waals surface area contributed by atoms with E-state index in [4.69, 9.17) is 18.9 Å². The van der Waals surface area contributed by atoms with Gasteiger partial charge in [0.1, 0.15) is 0 Å². The molecule has 0 heterocycles. The van der Waals surface area contributed by atoms with Crippen LogP contribution < -0.4 is 18.9 Å². The summed E-state index contributed by atoms with van der Waals surface area (Å²) in [6.45, 7) is 0. The van der Waals surface area contributed by atoms with E-state index in [2.05, 4.69) is 0 Å². The summed E-state index contributed by atoms with van der Waals surface area (Å²) in [6.07, 6.45) is 4.13. The highest BCUT2D eigenvalue weighted by atomic mass is 16.6. The van der Waals surface area contributed by atoms with Crippen molar-refractivity contribution in [2.24, 2.45) is 0 Å². The summed E-state index contributed by atoms with van der Waals surface area (Å²) in [5.41, 5.74) is 2.02. The van der Waals surface area contributed by atoms with Crippen LogP contribution in [0.15, 0.2) is 108 Å². The molecule has 0 saturated carbocycles. The normalized spacial score (nSPS) is 11.3. The SMILES string of the molecule is COc1cc(C=C(C=O)C(C=O)=Cc2ccc(OC(=O)c3ccccc3)c(OC)c2)ccc1OC(=O)c1ccccc1. The van der Waals surface area contributed by atoms with Gasteiger partial charge in [-0.3, -0.25) is 9.59 Å². The lowest BCUT2D eigenvalue weighted by molar-refractivity contribution is -0.107. The van der Waals surface area contributed by atoms with Gasteiger partial charge in [-0.2, -0.15) is 0 Å². The van der Waals surface area contributed by atoms with Gasteiger partial charge in [-0.25, -0.2) is 9.59 Å². The number of carbonyl (C=O) groups is 4. The molecule has 0 aliphatic heterocycles. The standard InChI is InChI=1S/C34H26O8/c1-39-31-19-23(13-15-29(31)41-33(37)25-9-5-3-6-10-25)17-27(21-35)28(22-36)18-24-14-16-30(32(20-24)40-2)42-34(38)26-11-7-4-8-12-26/h3-22H,1-2H3. The van der Waals surface area contributed by atoms with Crippen LogP contribution in [0.1, 0.15) is 31.8 Å². The highest BCUT2D eigenvalue weighted by molar-refractivity contribution is 6.02. The Labute approximate surface area is 242 Å². The van der Waals surface area contributed by atoms with E-state index < -0.39 is 11.9 Å². The topological polar surface area (TPSA) is 105 Å². The number of esters is 2. The molecule has 0 atom stereocenters. The van der Waals surface area contributed by atoms with Crippen molar-refractivity contribution in [1.82, 2.24) is 0 Å². The largest absolute Gasteiger partial charge is 0.493 e. The molecule has 0 radical (unpaired) electrons. The molecular weight excluding hydrogens is 536 g/mol. The number of hydrogen-bond donors (Lipinski definition) is 0. The number of rotatable bonds is 11. The minimum atomic E-state index is -0.548. The lowest BCUT2D eigenvalue weighted by Crippen LogP contribution is -2.09. The quantitative estimate of drug-likeness (QED) is 0.0720. The fraction of sp³-hybridized carbons (Fsp3) is 0.0588. The van der Waals surface area contributed by atoms with E-state index in [9.17, 15) is 19.2 Å². The molecule has 8 nitrogen and oxygen atoms in total. The van der Waals surface area contributed by atoms with E-state index in [0.717, 1.165) is 0 Å². The van der Waals surface area contributed by atoms with Crippen molar-refractivity contribution in [2.75, 3.05) is 14.2 Å². The van der Waals surface area contributed by atoms with Gasteiger partial charge in [-0.1, -0.05) is 48.5 Å². The van der Waals surface area contributed by atoms with Crippen LogP contribution in [0.5, 0.6) is 23.0 Å². The molecule has 0 aromatic heterocycles. The number of ether oxygens (including phenoxy) is 4. The number of carbonyl (C=O) groups excluding carboxylic acids is 4. The Hall–Kier alpha value is -5.76. The van der Waals surface area contributed by atoms with E-state index >= 15 is 0 Å². The van der Waals surface area contributed by atoms with Gasteiger partial charge >= 0.3 is 11.9 Å². The lowest BCUT2D eigenvalue weighted by Gasteiger charge is -2.11. The summed E-state index contributed by atoms with van der Waals surface area (Å²) in [5.74, 6) is -0.174. The zero-order chi connectivity index (χ0) is 29.9. The van der Waals surface area contributed by atoms with Crippen LogP contribution in [0.2, 0.25) is 0 Å². The predicted molar refractivity (Wildman–Crippen MR) is 157 cm³/mol. The average Bonchev–Trinajstić information content (AvgIpc) is 3.04. The molecule has 8 heteroatoms. The van der Waals surface area contributed by atoms with Gasteiger partial charge in [-0.15, -0.1) is 0 Å². The Balaban J connectivity index is 1.57. The first-order valence-corrected chi connectivity index (χ1v) is 12.7. The van der Waals surface area contributed by atoms with Crippen LogP contribution in [0, 0.1) is 0 Å². The molecule has 0 spiro atoms. The third-order valence-electron chi connectivity index (χ3n) is 6.03. The summed E-state index contributed by atoms with van der Waals surface area (Å²) >= 11 is 0. The molecule has 0 bridgehead atoms. The summed E-state index contributed by atoms with van der Waals surface area (Å²) in [4.78, 5) is 48.9. The number of methoxy groups -OCH3 is 2. The Morgan fingerprint density at radius 1 is 0.524 bits per heavy atom. The minimum Gasteiger partial charge on any atom is -0.493 e. The highest BCUT2D eigenvalue weighted by Gasteiger charge is 2.15. The average molecular weight is 563 g/mol. The van der Waals surface area contributed by atoms with Gasteiger partial charge in [0.05, 0.1) is 25.3 Å². The molecule has 210 valence electrons. The van der Waals surface area contributed by atoms with Crippen molar-refractivity contribution in [3.05, 3.63) is 130 Å². The maximum atomic E-state index is 12.5. The molecule has 0 aliphatic carbocycles. The second-order valence-electron chi connectivity index (χ2n) is 8.77. The first-order valence-electron chi connectivity index (χ1n) is 12.7. The van der Waals surface area contributed by atoms with Gasteiger partial charge in [-0.05, 0) is 71.8 Å². The number of hydrogen-bond acceptors (Lipinski definition) is 8. The van der Waals surface area contributed by atoms with E-state index in [-0.39, 0.29) is 34.1 Å². The van der Waals surface area contributed by atoms with Crippen molar-refractivity contribution in [3.63, 3.8) is 0 Å². The molecule has 42 heavy (non-hydrogen) atoms. The second kappa shape index (κ2) is 14.0. The number of allylic oxidation sites excluding steroid dienone is 2. The highest BCUT2D eigenvalue weighted by Crippen LogP contribution is 2.32. The van der Waals surface area contributed by atoms with Gasteiger partial charge in [0, 0.05) is 11.1 Å². The summed E-state index contributed by atoms with van der Waals surface area (Å²) in [7, 11) is 2.85. The first kappa shape index (κ1) is 29.2. The fourth-order valence-electron chi connectivity index (χ4n) is 3.91. The molecule has 0 saturated heterocycles. The van der Waals surface area contributed by atoms with E-state index in [1.54, 1.807) is 97.1 Å². The molecule has 0 aliphatic rings. The van der Waals surface area contributed by atoms with E-state index in [1.807, 2.05) is 0 Å². The maximum absolute atomic E-state index is 12.5. The molecule has 4 rings (SSSR count). The molecule has 0 fully saturated rings. The zero-order valence-corrected chi connectivity index (χ0v) is 22.8. The zero-order valence-electron chi connectivity index (χ0n) is 22.8. The van der Waals surface area contributed by atoms with Crippen molar-refractivity contribution in [3.8, 4) is 23.0 Å². The lowest BCUT2D eigenvalue weighted by atomic mass is 10.0. The van der Waals surface area contributed by atoms with E-state index in [1.165, 1.54) is 26.4 Å². The van der Waals surface area contributed by atoms with Crippen LogP contribution in [-0.2, 0) is 9.59 Å². The monoisotopic (exact) mass is 562 g/mol. The van der Waals surface area contributed by atoms with Crippen molar-refractivity contribution < 1.29 is 38.1 Å². The van der Waals surface area contributed by atoms with Gasteiger partial charge in [0.2, 0.25) is 0 Å². The molecule has 0 N–H and O–H groups in total. The Kier molecular flexibility index (Phi) is 9.77.